The SMILES string of the molecule is CCn1nc(-c2ccc(OC)cc2)cc(C(C)(C)O)c1=O. The second-order valence-corrected chi connectivity index (χ2v) is 5.35. The molecule has 2 aromatic rings. The molecule has 0 spiro atoms. The quantitative estimate of drug-likeness (QED) is 0.936. The van der Waals surface area contributed by atoms with Gasteiger partial charge >= 0.3 is 0 Å². The first kappa shape index (κ1) is 15.3. The number of rotatable bonds is 4. The van der Waals surface area contributed by atoms with E-state index in [0.717, 1.165) is 11.3 Å². The van der Waals surface area contributed by atoms with Crippen molar-refractivity contribution in [1.82, 2.24) is 9.78 Å². The Morgan fingerprint density at radius 1 is 1.29 bits per heavy atom. The molecule has 112 valence electrons. The van der Waals surface area contributed by atoms with Crippen LogP contribution in [0.25, 0.3) is 11.3 Å². The first-order chi connectivity index (χ1) is 9.86. The molecule has 0 bridgehead atoms. The lowest BCUT2D eigenvalue weighted by atomic mass is 9.98. The molecule has 1 aromatic heterocycles. The maximum Gasteiger partial charge on any atom is 0.272 e. The largest absolute Gasteiger partial charge is 0.497 e. The Balaban J connectivity index is 2.60. The van der Waals surface area contributed by atoms with Crippen LogP contribution in [0, 0.1) is 0 Å². The highest BCUT2D eigenvalue weighted by atomic mass is 16.5. The maximum atomic E-state index is 12.3. The average molecular weight is 288 g/mol. The molecule has 2 rings (SSSR count). The van der Waals surface area contributed by atoms with Gasteiger partial charge in [0.1, 0.15) is 5.75 Å². The lowest BCUT2D eigenvalue weighted by Crippen LogP contribution is -2.33. The van der Waals surface area contributed by atoms with E-state index in [1.165, 1.54) is 4.68 Å². The van der Waals surface area contributed by atoms with Gasteiger partial charge in [-0.3, -0.25) is 4.79 Å². The molecule has 0 amide bonds. The molecule has 0 atom stereocenters. The molecule has 1 aromatic carbocycles. The van der Waals surface area contributed by atoms with Gasteiger partial charge in [-0.25, -0.2) is 4.68 Å². The minimum absolute atomic E-state index is 0.262. The smallest absolute Gasteiger partial charge is 0.272 e. The van der Waals surface area contributed by atoms with Crippen LogP contribution in [0.2, 0.25) is 0 Å². The molecule has 1 heterocycles. The summed E-state index contributed by atoms with van der Waals surface area (Å²) in [4.78, 5) is 12.3. The molecule has 5 heteroatoms. The second kappa shape index (κ2) is 5.69. The standard InChI is InChI=1S/C16H20N2O3/c1-5-18-15(19)13(16(2,3)20)10-14(17-18)11-6-8-12(21-4)9-7-11/h6-10,20H,5H2,1-4H3. The number of hydrogen-bond donors (Lipinski definition) is 1. The molecule has 1 N–H and O–H groups in total. The summed E-state index contributed by atoms with van der Waals surface area (Å²) in [6.45, 7) is 5.50. The molecular weight excluding hydrogens is 268 g/mol. The van der Waals surface area contributed by atoms with E-state index in [1.807, 2.05) is 31.2 Å². The monoisotopic (exact) mass is 288 g/mol. The molecule has 21 heavy (non-hydrogen) atoms. The van der Waals surface area contributed by atoms with Crippen LogP contribution in [0.1, 0.15) is 26.3 Å². The number of hydrogen-bond acceptors (Lipinski definition) is 4. The van der Waals surface area contributed by atoms with Crippen molar-refractivity contribution in [1.29, 1.82) is 0 Å². The van der Waals surface area contributed by atoms with E-state index in [0.29, 0.717) is 17.8 Å². The van der Waals surface area contributed by atoms with Gasteiger partial charge in [0.2, 0.25) is 0 Å². The van der Waals surface area contributed by atoms with E-state index in [2.05, 4.69) is 5.10 Å². The van der Waals surface area contributed by atoms with Gasteiger partial charge in [-0.1, -0.05) is 0 Å². The van der Waals surface area contributed by atoms with Crippen molar-refractivity contribution in [2.24, 2.45) is 0 Å². The summed E-state index contributed by atoms with van der Waals surface area (Å²) in [5.41, 5.74) is 0.380. The summed E-state index contributed by atoms with van der Waals surface area (Å²) in [6.07, 6.45) is 0. The number of benzene rings is 1. The zero-order valence-corrected chi connectivity index (χ0v) is 12.8. The topological polar surface area (TPSA) is 64.3 Å². The summed E-state index contributed by atoms with van der Waals surface area (Å²) in [5, 5.41) is 14.5. The van der Waals surface area contributed by atoms with Gasteiger partial charge in [-0.2, -0.15) is 5.10 Å². The van der Waals surface area contributed by atoms with Crippen molar-refractivity contribution >= 4 is 0 Å². The molecule has 0 saturated heterocycles. The Bertz CT molecular complexity index is 682. The van der Waals surface area contributed by atoms with Crippen LogP contribution < -0.4 is 10.3 Å². The van der Waals surface area contributed by atoms with Gasteiger partial charge in [0.25, 0.3) is 5.56 Å². The van der Waals surface area contributed by atoms with Crippen LogP contribution in [0.4, 0.5) is 0 Å². The lowest BCUT2D eigenvalue weighted by molar-refractivity contribution is 0.0762. The summed E-state index contributed by atoms with van der Waals surface area (Å²) in [6, 6.07) is 9.07. The Hall–Kier alpha value is -2.14. The predicted octanol–water partition coefficient (Wildman–Crippen LogP) is 2.17. The van der Waals surface area contributed by atoms with Crippen LogP contribution in [-0.4, -0.2) is 22.0 Å². The van der Waals surface area contributed by atoms with Gasteiger partial charge in [-0.05, 0) is 51.1 Å². The zero-order chi connectivity index (χ0) is 15.6. The Labute approximate surface area is 123 Å². The normalized spacial score (nSPS) is 11.5. The van der Waals surface area contributed by atoms with Gasteiger partial charge in [0.05, 0.1) is 24.0 Å². The van der Waals surface area contributed by atoms with Crippen LogP contribution in [0.15, 0.2) is 35.1 Å². The van der Waals surface area contributed by atoms with Crippen LogP contribution >= 0.6 is 0 Å². The minimum Gasteiger partial charge on any atom is -0.497 e. The third kappa shape index (κ3) is 3.13. The third-order valence-electron chi connectivity index (χ3n) is 3.32. The van der Waals surface area contributed by atoms with Gasteiger partial charge in [0.15, 0.2) is 0 Å². The first-order valence-corrected chi connectivity index (χ1v) is 6.86. The van der Waals surface area contributed by atoms with Crippen LogP contribution in [-0.2, 0) is 12.1 Å². The van der Waals surface area contributed by atoms with E-state index in [1.54, 1.807) is 27.0 Å². The number of aliphatic hydroxyl groups is 1. The fourth-order valence-corrected chi connectivity index (χ4v) is 2.10. The van der Waals surface area contributed by atoms with Gasteiger partial charge in [-0.15, -0.1) is 0 Å². The average Bonchev–Trinajstić information content (AvgIpc) is 2.46. The highest BCUT2D eigenvalue weighted by Crippen LogP contribution is 2.23. The van der Waals surface area contributed by atoms with E-state index in [4.69, 9.17) is 4.74 Å². The highest BCUT2D eigenvalue weighted by Gasteiger charge is 2.22. The Morgan fingerprint density at radius 2 is 1.90 bits per heavy atom. The summed E-state index contributed by atoms with van der Waals surface area (Å²) in [5.74, 6) is 0.755. The van der Waals surface area contributed by atoms with E-state index < -0.39 is 5.60 Å². The fourth-order valence-electron chi connectivity index (χ4n) is 2.10. The fraction of sp³-hybridized carbons (Fsp3) is 0.375. The van der Waals surface area contributed by atoms with Crippen molar-refractivity contribution in [3.8, 4) is 17.0 Å². The molecule has 5 nitrogen and oxygen atoms in total. The highest BCUT2D eigenvalue weighted by molar-refractivity contribution is 5.60. The minimum atomic E-state index is -1.21. The first-order valence-electron chi connectivity index (χ1n) is 6.86. The number of methoxy groups -OCH3 is 1. The predicted molar refractivity (Wildman–Crippen MR) is 81.4 cm³/mol. The molecule has 0 unspecified atom stereocenters. The van der Waals surface area contributed by atoms with E-state index in [-0.39, 0.29) is 5.56 Å². The number of nitrogens with zero attached hydrogens (tertiary/aromatic N) is 2. The van der Waals surface area contributed by atoms with Crippen molar-refractivity contribution in [2.45, 2.75) is 32.9 Å². The van der Waals surface area contributed by atoms with E-state index >= 15 is 0 Å². The van der Waals surface area contributed by atoms with Crippen molar-refractivity contribution < 1.29 is 9.84 Å². The third-order valence-corrected chi connectivity index (χ3v) is 3.32. The van der Waals surface area contributed by atoms with Crippen molar-refractivity contribution in [3.05, 3.63) is 46.2 Å². The number of aryl methyl sites for hydroxylation is 1. The molecule has 0 saturated carbocycles. The zero-order valence-electron chi connectivity index (χ0n) is 12.8. The van der Waals surface area contributed by atoms with E-state index in [9.17, 15) is 9.90 Å². The second-order valence-electron chi connectivity index (χ2n) is 5.35. The Morgan fingerprint density at radius 3 is 2.38 bits per heavy atom. The Kier molecular flexibility index (Phi) is 4.14. The number of aromatic nitrogens is 2. The number of ether oxygens (including phenoxy) is 1. The molecule has 0 fully saturated rings. The van der Waals surface area contributed by atoms with Crippen molar-refractivity contribution in [2.75, 3.05) is 7.11 Å². The summed E-state index contributed by atoms with van der Waals surface area (Å²) < 4.78 is 6.50. The van der Waals surface area contributed by atoms with Crippen LogP contribution in [0.3, 0.4) is 0 Å². The molecule has 0 aliphatic heterocycles. The van der Waals surface area contributed by atoms with Crippen molar-refractivity contribution in [3.63, 3.8) is 0 Å². The summed E-state index contributed by atoms with van der Waals surface area (Å²) in [7, 11) is 1.61. The molecule has 0 radical (unpaired) electrons. The molecule has 0 aliphatic carbocycles. The van der Waals surface area contributed by atoms with Gasteiger partial charge < -0.3 is 9.84 Å². The molecule has 0 aliphatic rings. The lowest BCUT2D eigenvalue weighted by Gasteiger charge is -2.19. The summed E-state index contributed by atoms with van der Waals surface area (Å²) >= 11 is 0. The maximum absolute atomic E-state index is 12.3. The molecular formula is C16H20N2O3. The van der Waals surface area contributed by atoms with Crippen LogP contribution in [0.5, 0.6) is 5.75 Å². The van der Waals surface area contributed by atoms with Gasteiger partial charge in [0, 0.05) is 12.1 Å².